The second kappa shape index (κ2) is 7.12. The molecule has 1 aromatic carbocycles. The highest BCUT2D eigenvalue weighted by molar-refractivity contribution is 5.80. The lowest BCUT2D eigenvalue weighted by atomic mass is 10.1. The third-order valence-electron chi connectivity index (χ3n) is 2.78. The van der Waals surface area contributed by atoms with Crippen LogP contribution in [0.15, 0.2) is 18.2 Å². The fraction of sp³-hybridized carbons (Fsp3) is 0.533. The summed E-state index contributed by atoms with van der Waals surface area (Å²) in [7, 11) is 0. The molecule has 3 nitrogen and oxygen atoms in total. The number of hydrogen-bond acceptors (Lipinski definition) is 2. The molecule has 4 heteroatoms. The number of aryl methyl sites for hydroxylation is 1. The van der Waals surface area contributed by atoms with Gasteiger partial charge in [0.2, 0.25) is 0 Å². The van der Waals surface area contributed by atoms with Crippen LogP contribution in [0.2, 0.25) is 0 Å². The molecule has 1 rings (SSSR count). The number of halogens is 1. The Kier molecular flexibility index (Phi) is 5.80. The predicted molar refractivity (Wildman–Crippen MR) is 73.7 cm³/mol. The first-order chi connectivity index (χ1) is 8.90. The third kappa shape index (κ3) is 5.28. The maximum Gasteiger partial charge on any atom is 0.260 e. The van der Waals surface area contributed by atoms with E-state index in [0.29, 0.717) is 12.5 Å². The summed E-state index contributed by atoms with van der Waals surface area (Å²) in [5, 5.41) is 2.78. The number of carbonyl (C=O) groups is 1. The molecule has 0 aliphatic carbocycles. The maximum atomic E-state index is 13.5. The Balaban J connectivity index is 2.51. The van der Waals surface area contributed by atoms with E-state index >= 15 is 0 Å². The van der Waals surface area contributed by atoms with Crippen molar-refractivity contribution in [2.45, 2.75) is 40.2 Å². The van der Waals surface area contributed by atoms with Crippen molar-refractivity contribution in [3.8, 4) is 5.75 Å². The molecule has 19 heavy (non-hydrogen) atoms. The SMILES string of the molecule is Cc1ccc(F)c(OC(C)C(=O)NCCC(C)C)c1. The van der Waals surface area contributed by atoms with Crippen LogP contribution in [0.5, 0.6) is 5.75 Å². The van der Waals surface area contributed by atoms with Gasteiger partial charge < -0.3 is 10.1 Å². The standard InChI is InChI=1S/C15H22FNO2/c1-10(2)7-8-17-15(18)12(4)19-14-9-11(3)5-6-13(14)16/h5-6,9-10,12H,7-8H2,1-4H3,(H,17,18). The van der Waals surface area contributed by atoms with E-state index in [-0.39, 0.29) is 11.7 Å². The Morgan fingerprint density at radius 2 is 2.05 bits per heavy atom. The van der Waals surface area contributed by atoms with Crippen LogP contribution in [-0.2, 0) is 4.79 Å². The molecule has 0 aromatic heterocycles. The molecule has 0 fully saturated rings. The van der Waals surface area contributed by atoms with Crippen molar-refractivity contribution in [2.75, 3.05) is 6.54 Å². The molecule has 1 N–H and O–H groups in total. The van der Waals surface area contributed by atoms with Gasteiger partial charge in [-0.05, 0) is 43.9 Å². The molecule has 0 saturated carbocycles. The first kappa shape index (κ1) is 15.5. The van der Waals surface area contributed by atoms with Crippen LogP contribution < -0.4 is 10.1 Å². The van der Waals surface area contributed by atoms with E-state index in [1.165, 1.54) is 6.07 Å². The third-order valence-corrected chi connectivity index (χ3v) is 2.78. The summed E-state index contributed by atoms with van der Waals surface area (Å²) in [4.78, 5) is 11.8. The molecule has 0 spiro atoms. The first-order valence-electron chi connectivity index (χ1n) is 6.60. The lowest BCUT2D eigenvalue weighted by Gasteiger charge is -2.16. The molecule has 1 amide bonds. The van der Waals surface area contributed by atoms with Crippen molar-refractivity contribution in [3.63, 3.8) is 0 Å². The summed E-state index contributed by atoms with van der Waals surface area (Å²) in [6.45, 7) is 8.26. The van der Waals surface area contributed by atoms with Crippen molar-refractivity contribution in [2.24, 2.45) is 5.92 Å². The van der Waals surface area contributed by atoms with Gasteiger partial charge in [-0.2, -0.15) is 0 Å². The minimum atomic E-state index is -0.705. The Morgan fingerprint density at radius 3 is 2.68 bits per heavy atom. The van der Waals surface area contributed by atoms with Gasteiger partial charge in [0.05, 0.1) is 0 Å². The van der Waals surface area contributed by atoms with Crippen LogP contribution in [0.25, 0.3) is 0 Å². The van der Waals surface area contributed by atoms with Crippen molar-refractivity contribution < 1.29 is 13.9 Å². The highest BCUT2D eigenvalue weighted by Crippen LogP contribution is 2.19. The second-order valence-corrected chi connectivity index (χ2v) is 5.17. The van der Waals surface area contributed by atoms with Gasteiger partial charge in [-0.3, -0.25) is 4.79 Å². The normalized spacial score (nSPS) is 12.3. The summed E-state index contributed by atoms with van der Waals surface area (Å²) >= 11 is 0. The maximum absolute atomic E-state index is 13.5. The van der Waals surface area contributed by atoms with Gasteiger partial charge in [0.1, 0.15) is 0 Å². The largest absolute Gasteiger partial charge is 0.478 e. The summed E-state index contributed by atoms with van der Waals surface area (Å²) < 4.78 is 18.9. The molecule has 0 aliphatic heterocycles. The molecule has 1 unspecified atom stereocenters. The Labute approximate surface area is 114 Å². The number of nitrogens with one attached hydrogen (secondary N) is 1. The fourth-order valence-corrected chi connectivity index (χ4v) is 1.57. The van der Waals surface area contributed by atoms with Crippen molar-refractivity contribution in [1.29, 1.82) is 0 Å². The van der Waals surface area contributed by atoms with Crippen LogP contribution >= 0.6 is 0 Å². The second-order valence-electron chi connectivity index (χ2n) is 5.17. The number of hydrogen-bond donors (Lipinski definition) is 1. The average molecular weight is 267 g/mol. The number of ether oxygens (including phenoxy) is 1. The van der Waals surface area contributed by atoms with Gasteiger partial charge >= 0.3 is 0 Å². The summed E-state index contributed by atoms with van der Waals surface area (Å²) in [6.07, 6.45) is 0.209. The minimum absolute atomic E-state index is 0.117. The van der Waals surface area contributed by atoms with Gasteiger partial charge in [-0.15, -0.1) is 0 Å². The summed E-state index contributed by atoms with van der Waals surface area (Å²) in [5.41, 5.74) is 0.892. The minimum Gasteiger partial charge on any atom is -0.478 e. The molecule has 106 valence electrons. The molecule has 1 aromatic rings. The number of amides is 1. The molecule has 0 saturated heterocycles. The quantitative estimate of drug-likeness (QED) is 0.860. The smallest absolute Gasteiger partial charge is 0.260 e. The first-order valence-corrected chi connectivity index (χ1v) is 6.60. The lowest BCUT2D eigenvalue weighted by Crippen LogP contribution is -2.37. The number of carbonyl (C=O) groups excluding carboxylic acids is 1. The van der Waals surface area contributed by atoms with Gasteiger partial charge in [0, 0.05) is 6.54 Å². The summed E-state index contributed by atoms with van der Waals surface area (Å²) in [5.74, 6) is -0.0220. The topological polar surface area (TPSA) is 38.3 Å². The van der Waals surface area contributed by atoms with E-state index in [4.69, 9.17) is 4.74 Å². The van der Waals surface area contributed by atoms with Gasteiger partial charge in [0.15, 0.2) is 17.7 Å². The molecule has 1 atom stereocenters. The van der Waals surface area contributed by atoms with Crippen molar-refractivity contribution >= 4 is 5.91 Å². The monoisotopic (exact) mass is 267 g/mol. The predicted octanol–water partition coefficient (Wildman–Crippen LogP) is 3.06. The Hall–Kier alpha value is -1.58. The molecule has 0 aliphatic rings. The van der Waals surface area contributed by atoms with E-state index in [1.54, 1.807) is 19.1 Å². The van der Waals surface area contributed by atoms with Crippen molar-refractivity contribution in [1.82, 2.24) is 5.32 Å². The molecule has 0 heterocycles. The zero-order valence-corrected chi connectivity index (χ0v) is 12.0. The Morgan fingerprint density at radius 1 is 1.37 bits per heavy atom. The summed E-state index contributed by atoms with van der Waals surface area (Å²) in [6, 6.07) is 4.59. The highest BCUT2D eigenvalue weighted by atomic mass is 19.1. The average Bonchev–Trinajstić information content (AvgIpc) is 2.33. The Bertz CT molecular complexity index is 432. The zero-order chi connectivity index (χ0) is 14.4. The number of benzene rings is 1. The van der Waals surface area contributed by atoms with Gasteiger partial charge in [0.25, 0.3) is 5.91 Å². The molecular formula is C15H22FNO2. The number of rotatable bonds is 6. The van der Waals surface area contributed by atoms with E-state index in [2.05, 4.69) is 19.2 Å². The van der Waals surface area contributed by atoms with E-state index in [9.17, 15) is 9.18 Å². The molecule has 0 bridgehead atoms. The van der Waals surface area contributed by atoms with Crippen LogP contribution in [0.1, 0.15) is 32.8 Å². The van der Waals surface area contributed by atoms with Crippen LogP contribution in [0.3, 0.4) is 0 Å². The van der Waals surface area contributed by atoms with Crippen LogP contribution in [0, 0.1) is 18.7 Å². The highest BCUT2D eigenvalue weighted by Gasteiger charge is 2.16. The zero-order valence-electron chi connectivity index (χ0n) is 12.0. The lowest BCUT2D eigenvalue weighted by molar-refractivity contribution is -0.127. The molecular weight excluding hydrogens is 245 g/mol. The molecule has 0 radical (unpaired) electrons. The van der Waals surface area contributed by atoms with Crippen molar-refractivity contribution in [3.05, 3.63) is 29.6 Å². The van der Waals surface area contributed by atoms with Crippen LogP contribution in [-0.4, -0.2) is 18.6 Å². The van der Waals surface area contributed by atoms with Gasteiger partial charge in [-0.1, -0.05) is 19.9 Å². The van der Waals surface area contributed by atoms with Crippen LogP contribution in [0.4, 0.5) is 4.39 Å². The van der Waals surface area contributed by atoms with E-state index in [1.807, 2.05) is 6.92 Å². The van der Waals surface area contributed by atoms with E-state index in [0.717, 1.165) is 12.0 Å². The fourth-order valence-electron chi connectivity index (χ4n) is 1.57. The van der Waals surface area contributed by atoms with Gasteiger partial charge in [-0.25, -0.2) is 4.39 Å². The van der Waals surface area contributed by atoms with E-state index < -0.39 is 11.9 Å².